The molecule has 0 amide bonds. The van der Waals surface area contributed by atoms with Crippen molar-refractivity contribution >= 4 is 10.0 Å². The molecule has 1 aromatic rings. The van der Waals surface area contributed by atoms with Gasteiger partial charge < -0.3 is 0 Å². The van der Waals surface area contributed by atoms with Crippen LogP contribution in [-0.2, 0) is 16.6 Å². The van der Waals surface area contributed by atoms with Crippen LogP contribution in [0.25, 0.3) is 0 Å². The number of sulfonamides is 1. The normalized spacial score (nSPS) is 11.9. The molecule has 0 saturated carbocycles. The summed E-state index contributed by atoms with van der Waals surface area (Å²) in [5.74, 6) is 0.201. The first-order chi connectivity index (χ1) is 7.94. The van der Waals surface area contributed by atoms with Crippen molar-refractivity contribution in [2.45, 2.75) is 40.2 Å². The SMILES string of the molecule is CCCS(=O)(=O)NCCCn1nc(C)cc1C. The van der Waals surface area contributed by atoms with Crippen LogP contribution < -0.4 is 4.72 Å². The van der Waals surface area contributed by atoms with E-state index in [1.54, 1.807) is 0 Å². The molecular formula is C11H21N3O2S. The van der Waals surface area contributed by atoms with E-state index in [2.05, 4.69) is 9.82 Å². The summed E-state index contributed by atoms with van der Waals surface area (Å²) in [5.41, 5.74) is 2.10. The number of rotatable bonds is 7. The van der Waals surface area contributed by atoms with E-state index in [1.807, 2.05) is 31.5 Å². The summed E-state index contributed by atoms with van der Waals surface area (Å²) in [6.07, 6.45) is 1.40. The van der Waals surface area contributed by atoms with Crippen molar-refractivity contribution < 1.29 is 8.42 Å². The van der Waals surface area contributed by atoms with Gasteiger partial charge in [0, 0.05) is 18.8 Å². The molecular weight excluding hydrogens is 238 g/mol. The number of hydrogen-bond acceptors (Lipinski definition) is 3. The lowest BCUT2D eigenvalue weighted by Gasteiger charge is -2.06. The molecule has 1 aromatic heterocycles. The van der Waals surface area contributed by atoms with Crippen LogP contribution in [0.1, 0.15) is 31.2 Å². The predicted octanol–water partition coefficient (Wildman–Crippen LogP) is 1.22. The van der Waals surface area contributed by atoms with Crippen LogP contribution in [-0.4, -0.2) is 30.5 Å². The zero-order valence-electron chi connectivity index (χ0n) is 10.7. The average molecular weight is 259 g/mol. The van der Waals surface area contributed by atoms with Gasteiger partial charge in [-0.25, -0.2) is 13.1 Å². The van der Waals surface area contributed by atoms with Gasteiger partial charge in [0.15, 0.2) is 0 Å². The van der Waals surface area contributed by atoms with Crippen LogP contribution in [0.4, 0.5) is 0 Å². The summed E-state index contributed by atoms with van der Waals surface area (Å²) in [5, 5.41) is 4.32. The van der Waals surface area contributed by atoms with Crippen LogP contribution in [0.2, 0.25) is 0 Å². The van der Waals surface area contributed by atoms with Gasteiger partial charge in [0.05, 0.1) is 11.4 Å². The van der Waals surface area contributed by atoms with Gasteiger partial charge in [-0.2, -0.15) is 5.10 Å². The lowest BCUT2D eigenvalue weighted by atomic mass is 10.4. The second kappa shape index (κ2) is 6.16. The number of aryl methyl sites for hydroxylation is 3. The highest BCUT2D eigenvalue weighted by molar-refractivity contribution is 7.89. The standard InChI is InChI=1S/C11H21N3O2S/c1-4-8-17(15,16)12-6-5-7-14-11(3)9-10(2)13-14/h9,12H,4-8H2,1-3H3. The molecule has 0 unspecified atom stereocenters. The van der Waals surface area contributed by atoms with Gasteiger partial charge in [-0.1, -0.05) is 6.92 Å². The predicted molar refractivity (Wildman–Crippen MR) is 68.4 cm³/mol. The number of nitrogens with one attached hydrogen (secondary N) is 1. The smallest absolute Gasteiger partial charge is 0.211 e. The van der Waals surface area contributed by atoms with Crippen molar-refractivity contribution in [3.05, 3.63) is 17.5 Å². The van der Waals surface area contributed by atoms with E-state index in [0.717, 1.165) is 24.4 Å². The van der Waals surface area contributed by atoms with Gasteiger partial charge in [-0.15, -0.1) is 0 Å². The van der Waals surface area contributed by atoms with E-state index < -0.39 is 10.0 Å². The second-order valence-electron chi connectivity index (χ2n) is 4.22. The van der Waals surface area contributed by atoms with Gasteiger partial charge in [0.25, 0.3) is 0 Å². The lowest BCUT2D eigenvalue weighted by Crippen LogP contribution is -2.27. The van der Waals surface area contributed by atoms with Crippen molar-refractivity contribution in [3.63, 3.8) is 0 Å². The van der Waals surface area contributed by atoms with Crippen LogP contribution in [0.3, 0.4) is 0 Å². The zero-order valence-corrected chi connectivity index (χ0v) is 11.5. The summed E-state index contributed by atoms with van der Waals surface area (Å²) in [7, 11) is -3.07. The molecule has 0 atom stereocenters. The Labute approximate surface area is 103 Å². The topological polar surface area (TPSA) is 64.0 Å². The van der Waals surface area contributed by atoms with Gasteiger partial charge in [-0.3, -0.25) is 4.68 Å². The first-order valence-corrected chi connectivity index (χ1v) is 7.58. The molecule has 0 saturated heterocycles. The monoisotopic (exact) mass is 259 g/mol. The minimum Gasteiger partial charge on any atom is -0.270 e. The lowest BCUT2D eigenvalue weighted by molar-refractivity contribution is 0.543. The molecule has 1 N–H and O–H groups in total. The molecule has 0 radical (unpaired) electrons. The van der Waals surface area contributed by atoms with Gasteiger partial charge in [0.2, 0.25) is 10.0 Å². The molecule has 0 aliphatic rings. The van der Waals surface area contributed by atoms with Gasteiger partial charge >= 0.3 is 0 Å². The van der Waals surface area contributed by atoms with Crippen LogP contribution in [0.5, 0.6) is 0 Å². The van der Waals surface area contributed by atoms with E-state index in [1.165, 1.54) is 0 Å². The van der Waals surface area contributed by atoms with Crippen LogP contribution in [0, 0.1) is 13.8 Å². The molecule has 0 aliphatic heterocycles. The fourth-order valence-corrected chi connectivity index (χ4v) is 2.84. The minimum absolute atomic E-state index is 0.201. The molecule has 0 fully saturated rings. The van der Waals surface area contributed by atoms with Gasteiger partial charge in [-0.05, 0) is 32.8 Å². The van der Waals surface area contributed by atoms with E-state index in [0.29, 0.717) is 13.0 Å². The fraction of sp³-hybridized carbons (Fsp3) is 0.727. The summed E-state index contributed by atoms with van der Waals surface area (Å²) in [6.45, 7) is 7.03. The Bertz CT molecular complexity index is 451. The zero-order chi connectivity index (χ0) is 12.9. The third kappa shape index (κ3) is 4.87. The molecule has 98 valence electrons. The molecule has 6 heteroatoms. The number of hydrogen-bond donors (Lipinski definition) is 1. The highest BCUT2D eigenvalue weighted by Gasteiger charge is 2.07. The number of aromatic nitrogens is 2. The molecule has 5 nitrogen and oxygen atoms in total. The quantitative estimate of drug-likeness (QED) is 0.749. The van der Waals surface area contributed by atoms with Crippen LogP contribution >= 0.6 is 0 Å². The largest absolute Gasteiger partial charge is 0.270 e. The summed E-state index contributed by atoms with van der Waals surface area (Å²) in [6, 6.07) is 2.02. The molecule has 0 aliphatic carbocycles. The Morgan fingerprint density at radius 3 is 2.65 bits per heavy atom. The molecule has 1 rings (SSSR count). The van der Waals surface area contributed by atoms with Crippen molar-refractivity contribution in [1.82, 2.24) is 14.5 Å². The first-order valence-electron chi connectivity index (χ1n) is 5.93. The molecule has 0 aromatic carbocycles. The van der Waals surface area contributed by atoms with Crippen molar-refractivity contribution in [2.24, 2.45) is 0 Å². The second-order valence-corrected chi connectivity index (χ2v) is 6.14. The molecule has 1 heterocycles. The Balaban J connectivity index is 2.32. The highest BCUT2D eigenvalue weighted by atomic mass is 32.2. The Hall–Kier alpha value is -0.880. The van der Waals surface area contributed by atoms with Crippen molar-refractivity contribution in [3.8, 4) is 0 Å². The minimum atomic E-state index is -3.07. The maximum atomic E-state index is 11.4. The Morgan fingerprint density at radius 2 is 2.12 bits per heavy atom. The van der Waals surface area contributed by atoms with Crippen LogP contribution in [0.15, 0.2) is 6.07 Å². The fourth-order valence-electron chi connectivity index (χ4n) is 1.70. The van der Waals surface area contributed by atoms with E-state index in [9.17, 15) is 8.42 Å². The van der Waals surface area contributed by atoms with E-state index in [4.69, 9.17) is 0 Å². The maximum absolute atomic E-state index is 11.4. The first kappa shape index (κ1) is 14.2. The number of nitrogens with zero attached hydrogens (tertiary/aromatic N) is 2. The maximum Gasteiger partial charge on any atom is 0.211 e. The molecule has 17 heavy (non-hydrogen) atoms. The average Bonchev–Trinajstić information content (AvgIpc) is 2.52. The van der Waals surface area contributed by atoms with E-state index in [-0.39, 0.29) is 5.75 Å². The highest BCUT2D eigenvalue weighted by Crippen LogP contribution is 2.02. The summed E-state index contributed by atoms with van der Waals surface area (Å²) >= 11 is 0. The van der Waals surface area contributed by atoms with E-state index >= 15 is 0 Å². The third-order valence-corrected chi connectivity index (χ3v) is 4.03. The molecule has 0 bridgehead atoms. The summed E-state index contributed by atoms with van der Waals surface area (Å²) in [4.78, 5) is 0. The van der Waals surface area contributed by atoms with Gasteiger partial charge in [0.1, 0.15) is 0 Å². The Morgan fingerprint density at radius 1 is 1.41 bits per heavy atom. The van der Waals surface area contributed by atoms with Crippen molar-refractivity contribution in [2.75, 3.05) is 12.3 Å². The summed E-state index contributed by atoms with van der Waals surface area (Å²) < 4.78 is 27.3. The third-order valence-electron chi connectivity index (χ3n) is 2.44. The van der Waals surface area contributed by atoms with Crippen molar-refractivity contribution in [1.29, 1.82) is 0 Å². The molecule has 0 spiro atoms. The Kier molecular flexibility index (Phi) is 5.14.